The van der Waals surface area contributed by atoms with Crippen LogP contribution in [0.4, 0.5) is 4.79 Å². The summed E-state index contributed by atoms with van der Waals surface area (Å²) in [5, 5.41) is 5.10. The van der Waals surface area contributed by atoms with Gasteiger partial charge in [0, 0.05) is 6.42 Å². The molecule has 0 saturated carbocycles. The Morgan fingerprint density at radius 3 is 2.53 bits per heavy atom. The van der Waals surface area contributed by atoms with Crippen LogP contribution in [0.5, 0.6) is 11.5 Å². The van der Waals surface area contributed by atoms with E-state index in [0.717, 1.165) is 11.1 Å². The average molecular weight is 413 g/mol. The van der Waals surface area contributed by atoms with Gasteiger partial charge in [-0.25, -0.2) is 9.59 Å². The topological polar surface area (TPSA) is 129 Å². The number of carbonyl (C=O) groups is 3. The molecule has 2 aromatic carbocycles. The fourth-order valence-electron chi connectivity index (χ4n) is 3.00. The minimum atomic E-state index is -0.996. The fourth-order valence-corrected chi connectivity index (χ4v) is 3.00. The Morgan fingerprint density at radius 1 is 1.07 bits per heavy atom. The molecule has 4 N–H and O–H groups in total. The molecule has 1 heterocycles. The lowest BCUT2D eigenvalue weighted by Gasteiger charge is -2.18. The third-order valence-corrected chi connectivity index (χ3v) is 4.50. The lowest BCUT2D eigenvalue weighted by atomic mass is 10.1. The van der Waals surface area contributed by atoms with Crippen molar-refractivity contribution in [3.63, 3.8) is 0 Å². The zero-order valence-corrected chi connectivity index (χ0v) is 16.4. The standard InChI is InChI=1S/C21H23N3O6/c1-13(15-7-8-17-18(10-15)30-12-29-17)23-19(25)11-28-20(26)16(24-21(22)27)9-14-5-3-2-4-6-14/h2-8,10,13,16H,9,11-12H2,1H3,(H,23,25)(H3,22,24,27)/t13-,16+/m1/s1. The minimum Gasteiger partial charge on any atom is -0.454 e. The van der Waals surface area contributed by atoms with Crippen molar-refractivity contribution < 1.29 is 28.6 Å². The first-order valence-electron chi connectivity index (χ1n) is 9.38. The number of rotatable bonds is 8. The van der Waals surface area contributed by atoms with E-state index >= 15 is 0 Å². The van der Waals surface area contributed by atoms with Crippen LogP contribution in [0, 0.1) is 0 Å². The van der Waals surface area contributed by atoms with Gasteiger partial charge in [0.25, 0.3) is 5.91 Å². The van der Waals surface area contributed by atoms with Gasteiger partial charge in [-0.15, -0.1) is 0 Å². The summed E-state index contributed by atoms with van der Waals surface area (Å²) in [5.41, 5.74) is 6.78. The summed E-state index contributed by atoms with van der Waals surface area (Å²) < 4.78 is 15.7. The van der Waals surface area contributed by atoms with Gasteiger partial charge < -0.3 is 30.6 Å². The first kappa shape index (κ1) is 21.0. The summed E-state index contributed by atoms with van der Waals surface area (Å²) >= 11 is 0. The van der Waals surface area contributed by atoms with Crippen molar-refractivity contribution in [3.05, 3.63) is 59.7 Å². The number of amides is 3. The summed E-state index contributed by atoms with van der Waals surface area (Å²) in [6.07, 6.45) is 0.192. The average Bonchev–Trinajstić information content (AvgIpc) is 3.20. The van der Waals surface area contributed by atoms with Gasteiger partial charge in [-0.3, -0.25) is 4.79 Å². The Hall–Kier alpha value is -3.75. The quantitative estimate of drug-likeness (QED) is 0.561. The molecule has 1 aliphatic heterocycles. The molecule has 2 aromatic rings. The molecule has 0 unspecified atom stereocenters. The molecule has 3 amide bonds. The summed E-state index contributed by atoms with van der Waals surface area (Å²) in [7, 11) is 0. The van der Waals surface area contributed by atoms with E-state index in [0.29, 0.717) is 11.5 Å². The second-order valence-electron chi connectivity index (χ2n) is 6.76. The van der Waals surface area contributed by atoms with E-state index in [-0.39, 0.29) is 19.3 Å². The number of hydrogen-bond acceptors (Lipinski definition) is 6. The van der Waals surface area contributed by atoms with Gasteiger partial charge in [0.05, 0.1) is 6.04 Å². The van der Waals surface area contributed by atoms with Crippen LogP contribution >= 0.6 is 0 Å². The lowest BCUT2D eigenvalue weighted by molar-refractivity contribution is -0.150. The molecular weight excluding hydrogens is 390 g/mol. The first-order valence-corrected chi connectivity index (χ1v) is 9.38. The van der Waals surface area contributed by atoms with Crippen LogP contribution in [-0.2, 0) is 20.7 Å². The molecule has 0 aromatic heterocycles. The van der Waals surface area contributed by atoms with E-state index in [1.54, 1.807) is 19.1 Å². The van der Waals surface area contributed by atoms with Crippen LogP contribution in [0.3, 0.4) is 0 Å². The SMILES string of the molecule is C[C@@H](NC(=O)COC(=O)[C@H](Cc1ccccc1)NC(N)=O)c1ccc2c(c1)OCO2. The van der Waals surface area contributed by atoms with Gasteiger partial charge in [0.1, 0.15) is 6.04 Å². The summed E-state index contributed by atoms with van der Waals surface area (Å²) in [5.74, 6) is 0.0357. The lowest BCUT2D eigenvalue weighted by Crippen LogP contribution is -2.46. The van der Waals surface area contributed by atoms with Crippen molar-refractivity contribution in [2.24, 2.45) is 5.73 Å². The van der Waals surface area contributed by atoms with Gasteiger partial charge >= 0.3 is 12.0 Å². The summed E-state index contributed by atoms with van der Waals surface area (Å²) in [6, 6.07) is 12.3. The molecule has 1 aliphatic rings. The van der Waals surface area contributed by atoms with Crippen LogP contribution in [0.25, 0.3) is 0 Å². The van der Waals surface area contributed by atoms with Gasteiger partial charge in [-0.2, -0.15) is 0 Å². The van der Waals surface area contributed by atoms with Crippen LogP contribution in [0.15, 0.2) is 48.5 Å². The van der Waals surface area contributed by atoms with Crippen molar-refractivity contribution >= 4 is 17.9 Å². The van der Waals surface area contributed by atoms with E-state index in [4.69, 9.17) is 19.9 Å². The molecule has 0 fully saturated rings. The maximum atomic E-state index is 12.4. The molecule has 30 heavy (non-hydrogen) atoms. The predicted octanol–water partition coefficient (Wildman–Crippen LogP) is 1.42. The maximum absolute atomic E-state index is 12.4. The van der Waals surface area contributed by atoms with E-state index in [1.165, 1.54) is 0 Å². The van der Waals surface area contributed by atoms with Gasteiger partial charge in [-0.05, 0) is 30.2 Å². The van der Waals surface area contributed by atoms with E-state index < -0.39 is 30.6 Å². The van der Waals surface area contributed by atoms with Crippen LogP contribution < -0.4 is 25.8 Å². The number of nitrogens with one attached hydrogen (secondary N) is 2. The zero-order valence-electron chi connectivity index (χ0n) is 16.4. The molecular formula is C21H23N3O6. The number of nitrogens with two attached hydrogens (primary N) is 1. The number of hydrogen-bond donors (Lipinski definition) is 3. The molecule has 2 atom stereocenters. The van der Waals surface area contributed by atoms with Crippen molar-refractivity contribution in [3.8, 4) is 11.5 Å². The summed E-state index contributed by atoms with van der Waals surface area (Å²) in [6.45, 7) is 1.47. The molecule has 0 saturated heterocycles. The second-order valence-corrected chi connectivity index (χ2v) is 6.76. The number of benzene rings is 2. The highest BCUT2D eigenvalue weighted by Gasteiger charge is 2.23. The molecule has 0 spiro atoms. The number of esters is 1. The number of primary amides is 1. The third-order valence-electron chi connectivity index (χ3n) is 4.50. The highest BCUT2D eigenvalue weighted by Crippen LogP contribution is 2.34. The Bertz CT molecular complexity index is 918. The Morgan fingerprint density at radius 2 is 1.80 bits per heavy atom. The molecule has 0 bridgehead atoms. The van der Waals surface area contributed by atoms with Gasteiger partial charge in [0.15, 0.2) is 18.1 Å². The van der Waals surface area contributed by atoms with Crippen LogP contribution in [0.2, 0.25) is 0 Å². The van der Waals surface area contributed by atoms with Crippen molar-refractivity contribution in [1.82, 2.24) is 10.6 Å². The largest absolute Gasteiger partial charge is 0.454 e. The second kappa shape index (κ2) is 9.64. The monoisotopic (exact) mass is 413 g/mol. The van der Waals surface area contributed by atoms with E-state index in [9.17, 15) is 14.4 Å². The Balaban J connectivity index is 1.52. The molecule has 9 heteroatoms. The number of fused-ring (bicyclic) bond motifs is 1. The van der Waals surface area contributed by atoms with Crippen molar-refractivity contribution in [2.75, 3.05) is 13.4 Å². The normalized spacial score (nSPS) is 13.8. The van der Waals surface area contributed by atoms with E-state index in [2.05, 4.69) is 10.6 Å². The molecule has 3 rings (SSSR count). The minimum absolute atomic E-state index is 0.166. The Kier molecular flexibility index (Phi) is 6.74. The predicted molar refractivity (Wildman–Crippen MR) is 107 cm³/mol. The van der Waals surface area contributed by atoms with Crippen molar-refractivity contribution in [2.45, 2.75) is 25.4 Å². The number of ether oxygens (including phenoxy) is 3. The van der Waals surface area contributed by atoms with Gasteiger partial charge in [0.2, 0.25) is 6.79 Å². The van der Waals surface area contributed by atoms with Crippen LogP contribution in [0.1, 0.15) is 24.1 Å². The number of carbonyl (C=O) groups excluding carboxylic acids is 3. The number of urea groups is 1. The molecule has 158 valence electrons. The first-order chi connectivity index (χ1) is 14.4. The molecule has 0 radical (unpaired) electrons. The smallest absolute Gasteiger partial charge is 0.329 e. The van der Waals surface area contributed by atoms with Gasteiger partial charge in [-0.1, -0.05) is 36.4 Å². The highest BCUT2D eigenvalue weighted by atomic mass is 16.7. The van der Waals surface area contributed by atoms with Crippen molar-refractivity contribution in [1.29, 1.82) is 0 Å². The highest BCUT2D eigenvalue weighted by molar-refractivity contribution is 5.85. The third kappa shape index (κ3) is 5.63. The molecule has 0 aliphatic carbocycles. The Labute approximate surface area is 173 Å². The van der Waals surface area contributed by atoms with E-state index in [1.807, 2.05) is 36.4 Å². The molecule has 9 nitrogen and oxygen atoms in total. The maximum Gasteiger partial charge on any atom is 0.329 e. The van der Waals surface area contributed by atoms with Crippen LogP contribution in [-0.4, -0.2) is 37.3 Å². The fraction of sp³-hybridized carbons (Fsp3) is 0.286. The zero-order chi connectivity index (χ0) is 21.5. The summed E-state index contributed by atoms with van der Waals surface area (Å²) in [4.78, 5) is 35.8.